The molecule has 2 aromatic carbocycles. The highest BCUT2D eigenvalue weighted by molar-refractivity contribution is 5.73. The topological polar surface area (TPSA) is 29.5 Å². The average molecular weight is 244 g/mol. The maximum Gasteiger partial charge on any atom is 0.135 e. The van der Waals surface area contributed by atoms with Crippen molar-refractivity contribution in [2.75, 3.05) is 0 Å². The zero-order chi connectivity index (χ0) is 12.7. The Balaban J connectivity index is 2.30. The third-order valence-corrected chi connectivity index (χ3v) is 3.20. The molecule has 0 unspecified atom stereocenters. The molecule has 0 radical (unpaired) electrons. The Bertz CT molecular complexity index is 620. The third kappa shape index (κ3) is 1.77. The van der Waals surface area contributed by atoms with Crippen molar-refractivity contribution in [3.05, 3.63) is 52.8 Å². The number of rotatable bonds is 0. The second kappa shape index (κ2) is 4.10. The van der Waals surface area contributed by atoms with Crippen LogP contribution >= 0.6 is 0 Å². The molecule has 2 nitrogen and oxygen atoms in total. The summed E-state index contributed by atoms with van der Waals surface area (Å²) in [5.41, 5.74) is 4.19. The van der Waals surface area contributed by atoms with Crippen LogP contribution in [0.25, 0.3) is 11.1 Å². The van der Waals surface area contributed by atoms with Crippen molar-refractivity contribution < 1.29 is 14.2 Å². The van der Waals surface area contributed by atoms with Gasteiger partial charge in [0.25, 0.3) is 0 Å². The molecule has 0 saturated heterocycles. The molecule has 0 aliphatic carbocycles. The molecular weight excluding hydrogens is 231 g/mol. The normalized spacial score (nSPS) is 13.7. The van der Waals surface area contributed by atoms with E-state index in [1.54, 1.807) is 6.07 Å². The summed E-state index contributed by atoms with van der Waals surface area (Å²) in [6, 6.07) is 8.59. The van der Waals surface area contributed by atoms with Gasteiger partial charge in [-0.25, -0.2) is 4.39 Å². The van der Waals surface area contributed by atoms with Crippen molar-refractivity contribution in [2.24, 2.45) is 0 Å². The quantitative estimate of drug-likeness (QED) is 0.768. The highest BCUT2D eigenvalue weighted by atomic mass is 19.1. The van der Waals surface area contributed by atoms with Gasteiger partial charge in [0.05, 0.1) is 13.2 Å². The summed E-state index contributed by atoms with van der Waals surface area (Å²) in [5, 5.41) is 9.46. The van der Waals surface area contributed by atoms with Gasteiger partial charge in [0, 0.05) is 11.6 Å². The number of halogens is 1. The van der Waals surface area contributed by atoms with Gasteiger partial charge in [-0.05, 0) is 29.7 Å². The molecule has 0 saturated carbocycles. The van der Waals surface area contributed by atoms with E-state index in [0.29, 0.717) is 24.3 Å². The largest absolute Gasteiger partial charge is 0.508 e. The van der Waals surface area contributed by atoms with Crippen LogP contribution in [0.3, 0.4) is 0 Å². The van der Waals surface area contributed by atoms with Crippen molar-refractivity contribution in [3.8, 4) is 16.9 Å². The highest BCUT2D eigenvalue weighted by Crippen LogP contribution is 2.36. The van der Waals surface area contributed by atoms with Crippen molar-refractivity contribution in [3.63, 3.8) is 0 Å². The maximum absolute atomic E-state index is 14.1. The first-order valence-electron chi connectivity index (χ1n) is 5.84. The summed E-state index contributed by atoms with van der Waals surface area (Å²) in [6.45, 7) is 2.78. The molecule has 92 valence electrons. The van der Waals surface area contributed by atoms with E-state index in [4.69, 9.17) is 4.74 Å². The lowest BCUT2D eigenvalue weighted by molar-refractivity contribution is 0.109. The molecule has 0 bridgehead atoms. The summed E-state index contributed by atoms with van der Waals surface area (Å²) in [6.07, 6.45) is 0. The minimum atomic E-state index is -0.402. The molecular formula is C15H13FO2. The first-order chi connectivity index (χ1) is 8.65. The van der Waals surface area contributed by atoms with Gasteiger partial charge in [-0.2, -0.15) is 0 Å². The number of phenols is 1. The van der Waals surface area contributed by atoms with E-state index in [-0.39, 0.29) is 5.75 Å². The van der Waals surface area contributed by atoms with Gasteiger partial charge in [-0.1, -0.05) is 23.8 Å². The Morgan fingerprint density at radius 2 is 1.89 bits per heavy atom. The number of aryl methyl sites for hydroxylation is 1. The van der Waals surface area contributed by atoms with Crippen molar-refractivity contribution in [2.45, 2.75) is 20.1 Å². The molecule has 3 heteroatoms. The summed E-state index contributed by atoms with van der Waals surface area (Å²) >= 11 is 0. The van der Waals surface area contributed by atoms with Crippen molar-refractivity contribution in [1.82, 2.24) is 0 Å². The Morgan fingerprint density at radius 3 is 2.72 bits per heavy atom. The number of ether oxygens (including phenoxy) is 1. The molecule has 1 N–H and O–H groups in total. The van der Waals surface area contributed by atoms with E-state index in [9.17, 15) is 9.50 Å². The van der Waals surface area contributed by atoms with E-state index in [1.165, 1.54) is 0 Å². The van der Waals surface area contributed by atoms with E-state index < -0.39 is 5.82 Å². The number of fused-ring (bicyclic) bond motifs is 3. The summed E-state index contributed by atoms with van der Waals surface area (Å²) in [4.78, 5) is 0. The van der Waals surface area contributed by atoms with Crippen LogP contribution in [0, 0.1) is 12.7 Å². The summed E-state index contributed by atoms with van der Waals surface area (Å²) in [7, 11) is 0. The minimum absolute atomic E-state index is 0.0644. The van der Waals surface area contributed by atoms with Gasteiger partial charge in [-0.15, -0.1) is 0 Å². The zero-order valence-electron chi connectivity index (χ0n) is 10.0. The molecule has 0 aromatic heterocycles. The van der Waals surface area contributed by atoms with Crippen LogP contribution in [0.15, 0.2) is 30.3 Å². The lowest BCUT2D eigenvalue weighted by atomic mass is 9.95. The number of hydrogen-bond donors (Lipinski definition) is 1. The predicted molar refractivity (Wildman–Crippen MR) is 66.7 cm³/mol. The highest BCUT2D eigenvalue weighted by Gasteiger charge is 2.19. The predicted octanol–water partition coefficient (Wildman–Crippen LogP) is 3.54. The fourth-order valence-electron chi connectivity index (χ4n) is 2.42. The zero-order valence-corrected chi connectivity index (χ0v) is 10.0. The average Bonchev–Trinajstić information content (AvgIpc) is 2.47. The number of hydrogen-bond acceptors (Lipinski definition) is 2. The van der Waals surface area contributed by atoms with E-state index in [1.807, 2.05) is 25.1 Å². The smallest absolute Gasteiger partial charge is 0.135 e. The van der Waals surface area contributed by atoms with Gasteiger partial charge < -0.3 is 9.84 Å². The van der Waals surface area contributed by atoms with Gasteiger partial charge in [-0.3, -0.25) is 0 Å². The number of aromatic hydroxyl groups is 1. The van der Waals surface area contributed by atoms with Gasteiger partial charge in [0.15, 0.2) is 0 Å². The molecule has 1 aliphatic heterocycles. The van der Waals surface area contributed by atoms with Crippen LogP contribution in [0.1, 0.15) is 16.7 Å². The van der Waals surface area contributed by atoms with Crippen LogP contribution in [0.5, 0.6) is 5.75 Å². The molecule has 0 atom stereocenters. The van der Waals surface area contributed by atoms with Gasteiger partial charge >= 0.3 is 0 Å². The van der Waals surface area contributed by atoms with E-state index in [2.05, 4.69) is 0 Å². The molecule has 3 rings (SSSR count). The Hall–Kier alpha value is -1.87. The Kier molecular flexibility index (Phi) is 2.56. The SMILES string of the molecule is Cc1ccc2c(c1)COCc1cc(O)cc(F)c1-2. The Morgan fingerprint density at radius 1 is 1.11 bits per heavy atom. The summed E-state index contributed by atoms with van der Waals surface area (Å²) in [5.74, 6) is -0.467. The molecule has 18 heavy (non-hydrogen) atoms. The molecule has 0 amide bonds. The fourth-order valence-corrected chi connectivity index (χ4v) is 2.42. The lowest BCUT2D eigenvalue weighted by Gasteiger charge is -2.10. The minimum Gasteiger partial charge on any atom is -0.508 e. The van der Waals surface area contributed by atoms with Gasteiger partial charge in [0.1, 0.15) is 11.6 Å². The molecule has 0 spiro atoms. The molecule has 2 aromatic rings. The van der Waals surface area contributed by atoms with Crippen LogP contribution < -0.4 is 0 Å². The number of benzene rings is 2. The maximum atomic E-state index is 14.1. The first kappa shape index (κ1) is 11.2. The van der Waals surface area contributed by atoms with Crippen LogP contribution in [0.4, 0.5) is 4.39 Å². The second-order valence-electron chi connectivity index (χ2n) is 4.62. The van der Waals surface area contributed by atoms with Crippen molar-refractivity contribution in [1.29, 1.82) is 0 Å². The van der Waals surface area contributed by atoms with Crippen LogP contribution in [0.2, 0.25) is 0 Å². The first-order valence-corrected chi connectivity index (χ1v) is 5.84. The Labute approximate surface area is 105 Å². The standard InChI is InChI=1S/C15H13FO2/c1-9-2-3-13-10(4-9)7-18-8-11-5-12(17)6-14(16)15(11)13/h2-6,17H,7-8H2,1H3. The molecule has 1 aliphatic rings. The van der Waals surface area contributed by atoms with Crippen LogP contribution in [-0.2, 0) is 18.0 Å². The fraction of sp³-hybridized carbons (Fsp3) is 0.200. The monoisotopic (exact) mass is 244 g/mol. The van der Waals surface area contributed by atoms with Crippen LogP contribution in [-0.4, -0.2) is 5.11 Å². The third-order valence-electron chi connectivity index (χ3n) is 3.20. The summed E-state index contributed by atoms with van der Waals surface area (Å²) < 4.78 is 19.6. The molecule has 1 heterocycles. The lowest BCUT2D eigenvalue weighted by Crippen LogP contribution is -1.93. The van der Waals surface area contributed by atoms with Crippen molar-refractivity contribution >= 4 is 0 Å². The molecule has 0 fully saturated rings. The van der Waals surface area contributed by atoms with E-state index >= 15 is 0 Å². The number of phenolic OH excluding ortho intramolecular Hbond substituents is 1. The second-order valence-corrected chi connectivity index (χ2v) is 4.62. The van der Waals surface area contributed by atoms with Gasteiger partial charge in [0.2, 0.25) is 0 Å². The van der Waals surface area contributed by atoms with E-state index in [0.717, 1.165) is 22.8 Å².